The average molecular weight is 226 g/mol. The fourth-order valence-corrected chi connectivity index (χ4v) is 2.40. The quantitative estimate of drug-likeness (QED) is 0.728. The van der Waals surface area contributed by atoms with Crippen molar-refractivity contribution in [1.29, 1.82) is 0 Å². The first-order valence-electron chi connectivity index (χ1n) is 5.08. The van der Waals surface area contributed by atoms with Crippen LogP contribution in [0.15, 0.2) is 18.2 Å². The molecule has 1 aromatic carbocycles. The van der Waals surface area contributed by atoms with Gasteiger partial charge in [0.05, 0.1) is 19.8 Å². The Balaban J connectivity index is 2.12. The average Bonchev–Trinajstić information content (AvgIpc) is 2.69. The molecule has 80 valence electrons. The molecule has 0 aromatic heterocycles. The predicted octanol–water partition coefficient (Wildman–Crippen LogP) is 1.64. The van der Waals surface area contributed by atoms with Gasteiger partial charge in [-0.3, -0.25) is 0 Å². The highest BCUT2D eigenvalue weighted by atomic mass is 35.5. The minimum Gasteiger partial charge on any atom is -0.342 e. The lowest BCUT2D eigenvalue weighted by Gasteiger charge is -2.34. The van der Waals surface area contributed by atoms with Crippen LogP contribution in [0, 0.1) is 0 Å². The van der Waals surface area contributed by atoms with Crippen molar-refractivity contribution in [1.82, 2.24) is 5.32 Å². The SMILES string of the molecule is Clc1ccc2c(c1)C1(CNC2)OCCO1. The minimum absolute atomic E-state index is 0.599. The number of benzene rings is 1. The third-order valence-corrected chi connectivity index (χ3v) is 3.14. The van der Waals surface area contributed by atoms with Crippen molar-refractivity contribution >= 4 is 11.6 Å². The molecular formula is C11H12ClNO2. The molecule has 0 atom stereocenters. The van der Waals surface area contributed by atoms with Gasteiger partial charge in [0.15, 0.2) is 0 Å². The van der Waals surface area contributed by atoms with Crippen LogP contribution < -0.4 is 5.32 Å². The Morgan fingerprint density at radius 2 is 2.07 bits per heavy atom. The summed E-state index contributed by atoms with van der Waals surface area (Å²) >= 11 is 6.01. The number of hydrogen-bond acceptors (Lipinski definition) is 3. The van der Waals surface area contributed by atoms with E-state index in [-0.39, 0.29) is 0 Å². The molecule has 4 heteroatoms. The Kier molecular flexibility index (Phi) is 2.21. The molecule has 1 saturated heterocycles. The van der Waals surface area contributed by atoms with E-state index in [2.05, 4.69) is 5.32 Å². The summed E-state index contributed by atoms with van der Waals surface area (Å²) in [6.45, 7) is 2.84. The highest BCUT2D eigenvalue weighted by Gasteiger charge is 2.42. The van der Waals surface area contributed by atoms with Gasteiger partial charge >= 0.3 is 0 Å². The van der Waals surface area contributed by atoms with E-state index in [4.69, 9.17) is 21.1 Å². The Bertz CT molecular complexity index is 388. The van der Waals surface area contributed by atoms with Crippen molar-refractivity contribution < 1.29 is 9.47 Å². The van der Waals surface area contributed by atoms with Crippen LogP contribution in [0.1, 0.15) is 11.1 Å². The van der Waals surface area contributed by atoms with Gasteiger partial charge in [0.25, 0.3) is 0 Å². The molecule has 0 bridgehead atoms. The zero-order valence-corrected chi connectivity index (χ0v) is 9.01. The molecule has 2 heterocycles. The second kappa shape index (κ2) is 3.46. The normalized spacial score (nSPS) is 23.0. The lowest BCUT2D eigenvalue weighted by Crippen LogP contribution is -2.44. The summed E-state index contributed by atoms with van der Waals surface area (Å²) in [6.07, 6.45) is 0. The van der Waals surface area contributed by atoms with Crippen LogP contribution >= 0.6 is 11.6 Å². The molecule has 0 radical (unpaired) electrons. The van der Waals surface area contributed by atoms with Crippen molar-refractivity contribution in [2.24, 2.45) is 0 Å². The maximum Gasteiger partial charge on any atom is 0.208 e. The van der Waals surface area contributed by atoms with Gasteiger partial charge in [-0.25, -0.2) is 0 Å². The first-order valence-corrected chi connectivity index (χ1v) is 5.45. The zero-order valence-electron chi connectivity index (χ0n) is 8.25. The van der Waals surface area contributed by atoms with E-state index >= 15 is 0 Å². The summed E-state index contributed by atoms with van der Waals surface area (Å²) in [4.78, 5) is 0. The van der Waals surface area contributed by atoms with Crippen molar-refractivity contribution in [3.05, 3.63) is 34.3 Å². The van der Waals surface area contributed by atoms with E-state index in [1.165, 1.54) is 5.56 Å². The van der Waals surface area contributed by atoms with Crippen LogP contribution in [0.5, 0.6) is 0 Å². The molecule has 1 spiro atoms. The van der Waals surface area contributed by atoms with E-state index < -0.39 is 5.79 Å². The third kappa shape index (κ3) is 1.47. The van der Waals surface area contributed by atoms with Gasteiger partial charge in [-0.05, 0) is 17.7 Å². The molecule has 3 nitrogen and oxygen atoms in total. The van der Waals surface area contributed by atoms with E-state index in [1.54, 1.807) is 0 Å². The third-order valence-electron chi connectivity index (χ3n) is 2.91. The smallest absolute Gasteiger partial charge is 0.208 e. The maximum atomic E-state index is 6.01. The van der Waals surface area contributed by atoms with Crippen LogP contribution in [0.3, 0.4) is 0 Å². The lowest BCUT2D eigenvalue weighted by molar-refractivity contribution is -0.166. The summed E-state index contributed by atoms with van der Waals surface area (Å²) in [6, 6.07) is 5.87. The van der Waals surface area contributed by atoms with Crippen LogP contribution in [0.4, 0.5) is 0 Å². The number of ether oxygens (including phenoxy) is 2. The van der Waals surface area contributed by atoms with Gasteiger partial charge in [-0.1, -0.05) is 17.7 Å². The minimum atomic E-state index is -0.599. The van der Waals surface area contributed by atoms with Gasteiger partial charge in [-0.15, -0.1) is 0 Å². The van der Waals surface area contributed by atoms with Gasteiger partial charge in [0, 0.05) is 17.1 Å². The van der Waals surface area contributed by atoms with E-state index in [1.807, 2.05) is 18.2 Å². The summed E-state index contributed by atoms with van der Waals surface area (Å²) in [7, 11) is 0. The number of fused-ring (bicyclic) bond motifs is 2. The summed E-state index contributed by atoms with van der Waals surface area (Å²) in [5, 5.41) is 4.03. The van der Waals surface area contributed by atoms with E-state index in [0.29, 0.717) is 19.8 Å². The lowest BCUT2D eigenvalue weighted by atomic mass is 9.95. The molecular weight excluding hydrogens is 214 g/mol. The summed E-state index contributed by atoms with van der Waals surface area (Å²) in [5.74, 6) is -0.599. The fourth-order valence-electron chi connectivity index (χ4n) is 2.23. The van der Waals surface area contributed by atoms with Crippen molar-refractivity contribution in [2.45, 2.75) is 12.3 Å². The second-order valence-corrected chi connectivity index (χ2v) is 4.29. The Hall–Kier alpha value is -0.610. The van der Waals surface area contributed by atoms with Crippen molar-refractivity contribution in [2.75, 3.05) is 19.8 Å². The van der Waals surface area contributed by atoms with Gasteiger partial charge in [0.2, 0.25) is 5.79 Å². The molecule has 0 amide bonds. The summed E-state index contributed by atoms with van der Waals surface area (Å²) < 4.78 is 11.4. The summed E-state index contributed by atoms with van der Waals surface area (Å²) in [5.41, 5.74) is 2.28. The van der Waals surface area contributed by atoms with Crippen LogP contribution in [0.25, 0.3) is 0 Å². The van der Waals surface area contributed by atoms with Crippen molar-refractivity contribution in [3.8, 4) is 0 Å². The molecule has 0 saturated carbocycles. The topological polar surface area (TPSA) is 30.5 Å². The number of hydrogen-bond donors (Lipinski definition) is 1. The van der Waals surface area contributed by atoms with Gasteiger partial charge < -0.3 is 14.8 Å². The highest BCUT2D eigenvalue weighted by Crippen LogP contribution is 2.36. The molecule has 1 aromatic rings. The number of nitrogens with one attached hydrogen (secondary N) is 1. The Morgan fingerprint density at radius 1 is 1.27 bits per heavy atom. The maximum absolute atomic E-state index is 6.01. The molecule has 2 aliphatic rings. The number of halogens is 1. The largest absolute Gasteiger partial charge is 0.342 e. The van der Waals surface area contributed by atoms with Crippen LogP contribution in [0.2, 0.25) is 5.02 Å². The first kappa shape index (κ1) is 9.60. The van der Waals surface area contributed by atoms with Crippen LogP contribution in [-0.4, -0.2) is 19.8 Å². The van der Waals surface area contributed by atoms with E-state index in [9.17, 15) is 0 Å². The Labute approximate surface area is 93.3 Å². The Morgan fingerprint density at radius 3 is 2.87 bits per heavy atom. The zero-order chi connectivity index (χ0) is 10.3. The van der Waals surface area contributed by atoms with E-state index in [0.717, 1.165) is 17.1 Å². The molecule has 2 aliphatic heterocycles. The first-order chi connectivity index (χ1) is 7.30. The van der Waals surface area contributed by atoms with Gasteiger partial charge in [-0.2, -0.15) is 0 Å². The standard InChI is InChI=1S/C11H12ClNO2/c12-9-2-1-8-6-13-7-11(10(8)5-9)14-3-4-15-11/h1-2,5,13H,3-4,6-7H2. The second-order valence-electron chi connectivity index (χ2n) is 3.85. The van der Waals surface area contributed by atoms with Gasteiger partial charge in [0.1, 0.15) is 0 Å². The molecule has 0 unspecified atom stereocenters. The van der Waals surface area contributed by atoms with Crippen LogP contribution in [-0.2, 0) is 21.8 Å². The predicted molar refractivity (Wildman–Crippen MR) is 56.7 cm³/mol. The van der Waals surface area contributed by atoms with Crippen molar-refractivity contribution in [3.63, 3.8) is 0 Å². The monoisotopic (exact) mass is 225 g/mol. The molecule has 0 aliphatic carbocycles. The number of rotatable bonds is 0. The molecule has 3 rings (SSSR count). The fraction of sp³-hybridized carbons (Fsp3) is 0.455. The molecule has 1 fully saturated rings. The molecule has 1 N–H and O–H groups in total. The molecule has 15 heavy (non-hydrogen) atoms. The highest BCUT2D eigenvalue weighted by molar-refractivity contribution is 6.30.